The smallest absolute Gasteiger partial charge is 0.295 e. The molecule has 1 aliphatic heterocycles. The van der Waals surface area contributed by atoms with Crippen LogP contribution in [0, 0.1) is 6.92 Å². The lowest BCUT2D eigenvalue weighted by Crippen LogP contribution is -2.31. The predicted molar refractivity (Wildman–Crippen MR) is 125 cm³/mol. The zero-order valence-corrected chi connectivity index (χ0v) is 19.8. The fourth-order valence-corrected chi connectivity index (χ4v) is 3.91. The molecule has 2 aromatic carbocycles. The highest BCUT2D eigenvalue weighted by molar-refractivity contribution is 6.46. The Labute approximate surface area is 194 Å². The Balaban J connectivity index is 2.14. The van der Waals surface area contributed by atoms with E-state index in [0.29, 0.717) is 42.2 Å². The third-order valence-electron chi connectivity index (χ3n) is 5.48. The highest BCUT2D eigenvalue weighted by Crippen LogP contribution is 2.42. The number of carbonyl (C=O) groups excluding carboxylic acids is 2. The van der Waals surface area contributed by atoms with Crippen LogP contribution in [-0.2, 0) is 14.3 Å². The first-order chi connectivity index (χ1) is 15.8. The number of likely N-dealkylation sites (tertiary alicyclic amines) is 1. The van der Waals surface area contributed by atoms with Gasteiger partial charge in [-0.15, -0.1) is 0 Å². The molecule has 1 saturated heterocycles. The molecule has 3 rings (SSSR count). The minimum absolute atomic E-state index is 0.0500. The number of rotatable bonds is 9. The molecule has 1 heterocycles. The highest BCUT2D eigenvalue weighted by atomic mass is 16.5. The van der Waals surface area contributed by atoms with Crippen LogP contribution in [0.4, 0.5) is 0 Å². The Morgan fingerprint density at radius 3 is 2.36 bits per heavy atom. The second-order valence-corrected chi connectivity index (χ2v) is 8.28. The van der Waals surface area contributed by atoms with E-state index < -0.39 is 17.7 Å². The molecule has 0 spiro atoms. The van der Waals surface area contributed by atoms with E-state index in [4.69, 9.17) is 14.2 Å². The summed E-state index contributed by atoms with van der Waals surface area (Å²) in [5.41, 5.74) is 2.20. The second kappa shape index (κ2) is 10.5. The van der Waals surface area contributed by atoms with Gasteiger partial charge in [-0.3, -0.25) is 9.59 Å². The first-order valence-electron chi connectivity index (χ1n) is 11.0. The van der Waals surface area contributed by atoms with E-state index in [9.17, 15) is 14.7 Å². The second-order valence-electron chi connectivity index (χ2n) is 8.28. The molecule has 2 aromatic rings. The quantitative estimate of drug-likeness (QED) is 0.264. The first-order valence-corrected chi connectivity index (χ1v) is 11.0. The van der Waals surface area contributed by atoms with E-state index in [1.165, 1.54) is 12.0 Å². The van der Waals surface area contributed by atoms with Crippen molar-refractivity contribution in [2.75, 3.05) is 27.4 Å². The van der Waals surface area contributed by atoms with Gasteiger partial charge in [-0.05, 0) is 44.9 Å². The van der Waals surface area contributed by atoms with Crippen LogP contribution in [0.2, 0.25) is 0 Å². The van der Waals surface area contributed by atoms with Crippen LogP contribution in [-0.4, -0.2) is 55.2 Å². The standard InChI is InChI=1S/C26H31NO6/c1-16(2)33-20-12-11-19(15-21(20)32-5)23-22(24(28)18-9-7-17(3)8-10-18)25(29)26(30)27(23)13-6-14-31-4/h7-12,15-16,23,28H,6,13-14H2,1-5H3/b24-22-. The molecule has 1 N–H and O–H groups in total. The molecule has 7 nitrogen and oxygen atoms in total. The fraction of sp³-hybridized carbons (Fsp3) is 0.385. The van der Waals surface area contributed by atoms with E-state index in [1.807, 2.05) is 32.9 Å². The van der Waals surface area contributed by atoms with Crippen molar-refractivity contribution in [2.45, 2.75) is 39.3 Å². The zero-order valence-electron chi connectivity index (χ0n) is 19.8. The fourth-order valence-electron chi connectivity index (χ4n) is 3.91. The summed E-state index contributed by atoms with van der Waals surface area (Å²) in [5.74, 6) is -0.512. The summed E-state index contributed by atoms with van der Waals surface area (Å²) in [6, 6.07) is 11.7. The molecule has 7 heteroatoms. The number of hydrogen-bond donors (Lipinski definition) is 1. The number of aliphatic hydroxyl groups excluding tert-OH is 1. The molecule has 1 amide bonds. The molecule has 0 bridgehead atoms. The summed E-state index contributed by atoms with van der Waals surface area (Å²) in [5, 5.41) is 11.1. The van der Waals surface area contributed by atoms with Crippen LogP contribution < -0.4 is 9.47 Å². The largest absolute Gasteiger partial charge is 0.507 e. The maximum atomic E-state index is 13.1. The lowest BCUT2D eigenvalue weighted by atomic mass is 9.94. The Bertz CT molecular complexity index is 1040. The SMILES string of the molecule is COCCCN1C(=O)C(=O)/C(=C(\O)c2ccc(C)cc2)C1c1ccc(OC(C)C)c(OC)c1. The number of carbonyl (C=O) groups is 2. The predicted octanol–water partition coefficient (Wildman–Crippen LogP) is 4.25. The molecule has 33 heavy (non-hydrogen) atoms. The molecule has 0 aliphatic carbocycles. The number of hydrogen-bond acceptors (Lipinski definition) is 6. The normalized spacial score (nSPS) is 17.6. The number of ether oxygens (including phenoxy) is 3. The van der Waals surface area contributed by atoms with Crippen molar-refractivity contribution in [3.05, 3.63) is 64.7 Å². The minimum atomic E-state index is -0.759. The first kappa shape index (κ1) is 24.3. The molecule has 176 valence electrons. The van der Waals surface area contributed by atoms with Crippen molar-refractivity contribution >= 4 is 17.4 Å². The summed E-state index contributed by atoms with van der Waals surface area (Å²) in [6.07, 6.45) is 0.502. The van der Waals surface area contributed by atoms with Gasteiger partial charge in [0.05, 0.1) is 24.8 Å². The minimum Gasteiger partial charge on any atom is -0.507 e. The monoisotopic (exact) mass is 453 g/mol. The number of methoxy groups -OCH3 is 2. The van der Waals surface area contributed by atoms with Gasteiger partial charge >= 0.3 is 0 Å². The van der Waals surface area contributed by atoms with E-state index >= 15 is 0 Å². The molecule has 0 saturated carbocycles. The number of benzene rings is 2. The molecular formula is C26H31NO6. The van der Waals surface area contributed by atoms with Gasteiger partial charge in [0.15, 0.2) is 11.5 Å². The van der Waals surface area contributed by atoms with Crippen molar-refractivity contribution in [1.29, 1.82) is 0 Å². The average Bonchev–Trinajstić information content (AvgIpc) is 3.04. The van der Waals surface area contributed by atoms with Gasteiger partial charge in [-0.25, -0.2) is 0 Å². The topological polar surface area (TPSA) is 85.3 Å². The van der Waals surface area contributed by atoms with E-state index in [0.717, 1.165) is 5.56 Å². The van der Waals surface area contributed by atoms with E-state index in [1.54, 1.807) is 37.4 Å². The third kappa shape index (κ3) is 5.20. The van der Waals surface area contributed by atoms with Crippen molar-refractivity contribution in [3.63, 3.8) is 0 Å². The Morgan fingerprint density at radius 1 is 1.06 bits per heavy atom. The Hall–Kier alpha value is -3.32. The number of nitrogens with zero attached hydrogens (tertiary/aromatic N) is 1. The van der Waals surface area contributed by atoms with Crippen LogP contribution in [0.3, 0.4) is 0 Å². The van der Waals surface area contributed by atoms with Crippen LogP contribution in [0.15, 0.2) is 48.0 Å². The maximum absolute atomic E-state index is 13.1. The molecule has 1 fully saturated rings. The number of amides is 1. The third-order valence-corrected chi connectivity index (χ3v) is 5.48. The number of ketones is 1. The molecule has 1 aliphatic rings. The summed E-state index contributed by atoms with van der Waals surface area (Å²) in [7, 11) is 3.12. The maximum Gasteiger partial charge on any atom is 0.295 e. The number of Topliss-reactive ketones (excluding diaryl/α,β-unsaturated/α-hetero) is 1. The van der Waals surface area contributed by atoms with Gasteiger partial charge in [-0.1, -0.05) is 35.9 Å². The lowest BCUT2D eigenvalue weighted by molar-refractivity contribution is -0.140. The Morgan fingerprint density at radius 2 is 1.76 bits per heavy atom. The summed E-state index contributed by atoms with van der Waals surface area (Å²) >= 11 is 0. The molecular weight excluding hydrogens is 422 g/mol. The highest BCUT2D eigenvalue weighted by Gasteiger charge is 2.46. The molecule has 0 aromatic heterocycles. The van der Waals surface area contributed by atoms with Gasteiger partial charge in [0.25, 0.3) is 11.7 Å². The van der Waals surface area contributed by atoms with Gasteiger partial charge in [0.1, 0.15) is 5.76 Å². The van der Waals surface area contributed by atoms with Gasteiger partial charge in [-0.2, -0.15) is 0 Å². The number of aryl methyl sites for hydroxylation is 1. The van der Waals surface area contributed by atoms with Crippen molar-refractivity contribution in [2.24, 2.45) is 0 Å². The van der Waals surface area contributed by atoms with Crippen LogP contribution in [0.5, 0.6) is 11.5 Å². The van der Waals surface area contributed by atoms with Crippen molar-refractivity contribution < 1.29 is 28.9 Å². The van der Waals surface area contributed by atoms with Gasteiger partial charge in [0.2, 0.25) is 0 Å². The summed E-state index contributed by atoms with van der Waals surface area (Å²) in [6.45, 7) is 6.52. The van der Waals surface area contributed by atoms with Crippen LogP contribution in [0.25, 0.3) is 5.76 Å². The number of aliphatic hydroxyl groups is 1. The Kier molecular flexibility index (Phi) is 7.76. The van der Waals surface area contributed by atoms with Crippen LogP contribution in [0.1, 0.15) is 43.0 Å². The molecule has 0 radical (unpaired) electrons. The van der Waals surface area contributed by atoms with Gasteiger partial charge in [0, 0.05) is 25.8 Å². The summed E-state index contributed by atoms with van der Waals surface area (Å²) in [4.78, 5) is 27.6. The van der Waals surface area contributed by atoms with E-state index in [-0.39, 0.29) is 17.4 Å². The van der Waals surface area contributed by atoms with E-state index in [2.05, 4.69) is 0 Å². The van der Waals surface area contributed by atoms with Crippen molar-refractivity contribution in [1.82, 2.24) is 4.90 Å². The average molecular weight is 454 g/mol. The zero-order chi connectivity index (χ0) is 24.1. The van der Waals surface area contributed by atoms with Gasteiger partial charge < -0.3 is 24.2 Å². The van der Waals surface area contributed by atoms with Crippen LogP contribution >= 0.6 is 0 Å². The molecule has 1 unspecified atom stereocenters. The van der Waals surface area contributed by atoms with Crippen molar-refractivity contribution in [3.8, 4) is 11.5 Å². The lowest BCUT2D eigenvalue weighted by Gasteiger charge is -2.26. The molecule has 1 atom stereocenters. The summed E-state index contributed by atoms with van der Waals surface area (Å²) < 4.78 is 16.5.